The van der Waals surface area contributed by atoms with Crippen molar-refractivity contribution in [1.82, 2.24) is 14.7 Å². The minimum absolute atomic E-state index is 0.203. The van der Waals surface area contributed by atoms with Crippen molar-refractivity contribution in [3.8, 4) is 0 Å². The smallest absolute Gasteiger partial charge is 0.410 e. The van der Waals surface area contributed by atoms with E-state index in [1.165, 1.54) is 4.90 Å². The molecule has 25 heavy (non-hydrogen) atoms. The number of hydrogen-bond acceptors (Lipinski definition) is 5. The number of carbonyl (C=O) groups is 2. The molecule has 2 saturated heterocycles. The molecule has 138 valence electrons. The third-order valence-corrected chi connectivity index (χ3v) is 4.33. The van der Waals surface area contributed by atoms with Gasteiger partial charge in [0.15, 0.2) is 0 Å². The van der Waals surface area contributed by atoms with Crippen LogP contribution < -0.4 is 5.32 Å². The number of nitrogens with one attached hydrogen (secondary N) is 1. The van der Waals surface area contributed by atoms with E-state index in [0.717, 1.165) is 19.4 Å². The third-order valence-electron chi connectivity index (χ3n) is 4.33. The molecule has 2 aliphatic heterocycles. The van der Waals surface area contributed by atoms with Gasteiger partial charge in [-0.2, -0.15) is 5.10 Å². The largest absolute Gasteiger partial charge is 0.444 e. The Hall–Kier alpha value is -2.09. The van der Waals surface area contributed by atoms with Crippen LogP contribution >= 0.6 is 0 Å². The Morgan fingerprint density at radius 3 is 2.84 bits per heavy atom. The monoisotopic (exact) mass is 350 g/mol. The predicted molar refractivity (Wildman–Crippen MR) is 91.3 cm³/mol. The van der Waals surface area contributed by atoms with Crippen LogP contribution in [0.5, 0.6) is 0 Å². The first kappa shape index (κ1) is 17.7. The first-order valence-electron chi connectivity index (χ1n) is 8.76. The highest BCUT2D eigenvalue weighted by Gasteiger charge is 2.36. The Morgan fingerprint density at radius 2 is 2.16 bits per heavy atom. The number of nitrogens with zero attached hydrogens (tertiary/aromatic N) is 3. The molecule has 0 spiro atoms. The van der Waals surface area contributed by atoms with E-state index < -0.39 is 17.7 Å². The van der Waals surface area contributed by atoms with Gasteiger partial charge in [-0.05, 0) is 40.0 Å². The lowest BCUT2D eigenvalue weighted by molar-refractivity contribution is -0.120. The van der Waals surface area contributed by atoms with E-state index in [1.54, 1.807) is 6.20 Å². The Morgan fingerprint density at radius 1 is 1.36 bits per heavy atom. The molecule has 8 heteroatoms. The number of aromatic nitrogens is 2. The molecule has 0 aromatic carbocycles. The van der Waals surface area contributed by atoms with Crippen molar-refractivity contribution >= 4 is 17.7 Å². The van der Waals surface area contributed by atoms with E-state index in [2.05, 4.69) is 10.4 Å². The second-order valence-corrected chi connectivity index (χ2v) is 7.55. The Labute approximate surface area is 147 Å². The van der Waals surface area contributed by atoms with Crippen molar-refractivity contribution in [2.45, 2.75) is 57.7 Å². The first-order chi connectivity index (χ1) is 11.8. The van der Waals surface area contributed by atoms with Gasteiger partial charge in [0.05, 0.1) is 24.5 Å². The summed E-state index contributed by atoms with van der Waals surface area (Å²) < 4.78 is 12.6. The second kappa shape index (κ2) is 7.03. The van der Waals surface area contributed by atoms with Crippen LogP contribution in [0.15, 0.2) is 12.4 Å². The van der Waals surface area contributed by atoms with E-state index in [4.69, 9.17) is 9.47 Å². The topological polar surface area (TPSA) is 85.7 Å². The molecular weight excluding hydrogens is 324 g/mol. The molecular formula is C17H26N4O4. The molecule has 0 radical (unpaired) electrons. The minimum Gasteiger partial charge on any atom is -0.444 e. The van der Waals surface area contributed by atoms with Crippen LogP contribution in [0.3, 0.4) is 0 Å². The van der Waals surface area contributed by atoms with Gasteiger partial charge in [-0.3, -0.25) is 14.4 Å². The molecule has 2 unspecified atom stereocenters. The molecule has 3 rings (SSSR count). The van der Waals surface area contributed by atoms with Gasteiger partial charge in [-0.1, -0.05) is 0 Å². The van der Waals surface area contributed by atoms with Crippen LogP contribution in [0.25, 0.3) is 0 Å². The second-order valence-electron chi connectivity index (χ2n) is 7.55. The fraction of sp³-hybridized carbons (Fsp3) is 0.706. The molecule has 3 heterocycles. The fourth-order valence-corrected chi connectivity index (χ4v) is 3.14. The average molecular weight is 350 g/mol. The lowest BCUT2D eigenvalue weighted by Crippen LogP contribution is -2.45. The quantitative estimate of drug-likeness (QED) is 0.903. The van der Waals surface area contributed by atoms with Gasteiger partial charge >= 0.3 is 6.09 Å². The highest BCUT2D eigenvalue weighted by Crippen LogP contribution is 2.23. The van der Waals surface area contributed by atoms with Crippen molar-refractivity contribution in [2.24, 2.45) is 0 Å². The maximum absolute atomic E-state index is 12.6. The van der Waals surface area contributed by atoms with Gasteiger partial charge in [-0.25, -0.2) is 4.79 Å². The Balaban J connectivity index is 1.61. The van der Waals surface area contributed by atoms with E-state index >= 15 is 0 Å². The maximum atomic E-state index is 12.6. The maximum Gasteiger partial charge on any atom is 0.410 e. The summed E-state index contributed by atoms with van der Waals surface area (Å²) in [5.74, 6) is -0.203. The van der Waals surface area contributed by atoms with Crippen molar-refractivity contribution in [2.75, 3.05) is 25.1 Å². The van der Waals surface area contributed by atoms with Gasteiger partial charge in [-0.15, -0.1) is 0 Å². The van der Waals surface area contributed by atoms with E-state index in [-0.39, 0.29) is 11.9 Å². The zero-order chi connectivity index (χ0) is 18.0. The van der Waals surface area contributed by atoms with E-state index in [0.29, 0.717) is 25.3 Å². The van der Waals surface area contributed by atoms with Crippen LogP contribution in [0.2, 0.25) is 0 Å². The molecule has 2 atom stereocenters. The van der Waals surface area contributed by atoms with Crippen LogP contribution in [0, 0.1) is 0 Å². The Bertz CT molecular complexity index is 631. The minimum atomic E-state index is -0.578. The molecule has 0 saturated carbocycles. The van der Waals surface area contributed by atoms with Crippen LogP contribution in [-0.2, 0) is 14.3 Å². The fourth-order valence-electron chi connectivity index (χ4n) is 3.14. The van der Waals surface area contributed by atoms with Gasteiger partial charge < -0.3 is 14.8 Å². The average Bonchev–Trinajstić information content (AvgIpc) is 3.26. The summed E-state index contributed by atoms with van der Waals surface area (Å²) in [6.07, 6.45) is 5.34. The molecule has 1 N–H and O–H groups in total. The highest BCUT2D eigenvalue weighted by molar-refractivity contribution is 5.96. The van der Waals surface area contributed by atoms with Crippen molar-refractivity contribution in [3.05, 3.63) is 12.4 Å². The van der Waals surface area contributed by atoms with Gasteiger partial charge in [0.25, 0.3) is 0 Å². The number of anilines is 1. The summed E-state index contributed by atoms with van der Waals surface area (Å²) in [4.78, 5) is 26.4. The number of hydrogen-bond donors (Lipinski definition) is 1. The highest BCUT2D eigenvalue weighted by atomic mass is 16.6. The lowest BCUT2D eigenvalue weighted by atomic mass is 10.2. The van der Waals surface area contributed by atoms with E-state index in [1.807, 2.05) is 31.6 Å². The predicted octanol–water partition coefficient (Wildman–Crippen LogP) is 2.18. The standard InChI is InChI=1S/C17H26N4O4/c1-17(2,3)25-16(23)20-7-4-5-14(20)15(22)19-12-9-18-21(10-12)13-6-8-24-11-13/h9-10,13-14H,4-8,11H2,1-3H3,(H,19,22). The number of rotatable bonds is 3. The van der Waals surface area contributed by atoms with Gasteiger partial charge in [0.2, 0.25) is 5.91 Å². The summed E-state index contributed by atoms with van der Waals surface area (Å²) in [6.45, 7) is 7.36. The van der Waals surface area contributed by atoms with Crippen molar-refractivity contribution < 1.29 is 19.1 Å². The van der Waals surface area contributed by atoms with Gasteiger partial charge in [0, 0.05) is 19.3 Å². The molecule has 2 amide bonds. The number of amides is 2. The third kappa shape index (κ3) is 4.31. The number of likely N-dealkylation sites (tertiary alicyclic amines) is 1. The SMILES string of the molecule is CC(C)(C)OC(=O)N1CCCC1C(=O)Nc1cnn(C2CCOC2)c1. The molecule has 1 aromatic heterocycles. The molecule has 1 aromatic rings. The molecule has 8 nitrogen and oxygen atoms in total. The summed E-state index contributed by atoms with van der Waals surface area (Å²) >= 11 is 0. The number of ether oxygens (including phenoxy) is 2. The first-order valence-corrected chi connectivity index (χ1v) is 8.76. The van der Waals surface area contributed by atoms with Crippen LogP contribution in [-0.4, -0.2) is 58.1 Å². The number of carbonyl (C=O) groups excluding carboxylic acids is 2. The van der Waals surface area contributed by atoms with Crippen LogP contribution in [0.4, 0.5) is 10.5 Å². The summed E-state index contributed by atoms with van der Waals surface area (Å²) in [5, 5.41) is 7.16. The lowest BCUT2D eigenvalue weighted by Gasteiger charge is -2.27. The van der Waals surface area contributed by atoms with Gasteiger partial charge in [0.1, 0.15) is 11.6 Å². The molecule has 2 aliphatic rings. The Kier molecular flexibility index (Phi) is 4.99. The molecule has 0 bridgehead atoms. The molecule has 0 aliphatic carbocycles. The zero-order valence-corrected chi connectivity index (χ0v) is 15.0. The van der Waals surface area contributed by atoms with E-state index in [9.17, 15) is 9.59 Å². The van der Waals surface area contributed by atoms with Crippen molar-refractivity contribution in [3.63, 3.8) is 0 Å². The van der Waals surface area contributed by atoms with Crippen LogP contribution in [0.1, 0.15) is 46.1 Å². The normalized spacial score (nSPS) is 23.7. The zero-order valence-electron chi connectivity index (χ0n) is 15.0. The summed E-state index contributed by atoms with van der Waals surface area (Å²) in [7, 11) is 0. The summed E-state index contributed by atoms with van der Waals surface area (Å²) in [6, 6.07) is -0.289. The summed E-state index contributed by atoms with van der Waals surface area (Å²) in [5.41, 5.74) is 0.0542. The van der Waals surface area contributed by atoms with Crippen molar-refractivity contribution in [1.29, 1.82) is 0 Å². The molecule has 2 fully saturated rings.